The highest BCUT2D eigenvalue weighted by molar-refractivity contribution is 7.89. The van der Waals surface area contributed by atoms with Crippen LogP contribution in [0, 0.1) is 0 Å². The van der Waals surface area contributed by atoms with Crippen LogP contribution in [0.1, 0.15) is 0 Å². The van der Waals surface area contributed by atoms with E-state index in [2.05, 4.69) is 10.0 Å². The highest BCUT2D eigenvalue weighted by Gasteiger charge is 2.13. The first kappa shape index (κ1) is 21.3. The minimum absolute atomic E-state index is 0.0258. The zero-order valence-electron chi connectivity index (χ0n) is 14.4. The van der Waals surface area contributed by atoms with Gasteiger partial charge in [0.25, 0.3) is 5.91 Å². The number of rotatable bonds is 9. The van der Waals surface area contributed by atoms with E-state index in [1.807, 2.05) is 0 Å². The van der Waals surface area contributed by atoms with Gasteiger partial charge in [-0.15, -0.1) is 0 Å². The molecule has 0 aliphatic rings. The van der Waals surface area contributed by atoms with Crippen LogP contribution in [0.5, 0.6) is 11.5 Å². The van der Waals surface area contributed by atoms with Gasteiger partial charge in [0.05, 0.1) is 17.0 Å². The van der Waals surface area contributed by atoms with Gasteiger partial charge in [-0.3, -0.25) is 4.79 Å². The van der Waals surface area contributed by atoms with Crippen LogP contribution >= 0.6 is 23.2 Å². The van der Waals surface area contributed by atoms with Crippen molar-refractivity contribution in [3.8, 4) is 11.5 Å². The number of hydrogen-bond donors (Lipinski definition) is 2. The number of amides is 1. The number of ether oxygens (including phenoxy) is 2. The molecule has 1 amide bonds. The molecule has 0 spiro atoms. The minimum Gasteiger partial charge on any atom is -0.497 e. The predicted molar refractivity (Wildman–Crippen MR) is 103 cm³/mol. The summed E-state index contributed by atoms with van der Waals surface area (Å²) < 4.78 is 37.0. The van der Waals surface area contributed by atoms with Gasteiger partial charge in [-0.1, -0.05) is 23.2 Å². The fraction of sp³-hybridized carbons (Fsp3) is 0.235. The molecular formula is C17H18Cl2N2O5S. The van der Waals surface area contributed by atoms with Crippen molar-refractivity contribution in [2.24, 2.45) is 0 Å². The van der Waals surface area contributed by atoms with Crippen molar-refractivity contribution in [3.05, 3.63) is 52.5 Å². The molecule has 146 valence electrons. The zero-order valence-corrected chi connectivity index (χ0v) is 16.7. The zero-order chi connectivity index (χ0) is 19.9. The van der Waals surface area contributed by atoms with Crippen molar-refractivity contribution in [1.82, 2.24) is 10.0 Å². The lowest BCUT2D eigenvalue weighted by atomic mass is 10.3. The third kappa shape index (κ3) is 6.59. The fourth-order valence-corrected chi connectivity index (χ4v) is 3.37. The topological polar surface area (TPSA) is 93.7 Å². The molecule has 7 nitrogen and oxygen atoms in total. The number of nitrogens with one attached hydrogen (secondary N) is 2. The van der Waals surface area contributed by atoms with Crippen LogP contribution in [0.15, 0.2) is 47.4 Å². The van der Waals surface area contributed by atoms with Crippen molar-refractivity contribution in [2.45, 2.75) is 4.90 Å². The van der Waals surface area contributed by atoms with Gasteiger partial charge >= 0.3 is 0 Å². The van der Waals surface area contributed by atoms with Crippen LogP contribution in [-0.4, -0.2) is 41.1 Å². The molecule has 0 unspecified atom stereocenters. The van der Waals surface area contributed by atoms with Gasteiger partial charge in [0.1, 0.15) is 11.5 Å². The van der Waals surface area contributed by atoms with E-state index in [0.29, 0.717) is 21.5 Å². The maximum atomic E-state index is 12.1. The molecule has 0 saturated carbocycles. The summed E-state index contributed by atoms with van der Waals surface area (Å²) in [7, 11) is -2.17. The summed E-state index contributed by atoms with van der Waals surface area (Å²) in [4.78, 5) is 11.9. The highest BCUT2D eigenvalue weighted by Crippen LogP contribution is 2.27. The third-order valence-electron chi connectivity index (χ3n) is 3.36. The van der Waals surface area contributed by atoms with Crippen LogP contribution < -0.4 is 19.5 Å². The Kier molecular flexibility index (Phi) is 7.73. The molecule has 27 heavy (non-hydrogen) atoms. The molecule has 0 bridgehead atoms. The van der Waals surface area contributed by atoms with Crippen LogP contribution in [0.4, 0.5) is 0 Å². The Balaban J connectivity index is 1.75. The number of hydrogen-bond acceptors (Lipinski definition) is 5. The lowest BCUT2D eigenvalue weighted by Crippen LogP contribution is -2.36. The number of methoxy groups -OCH3 is 1. The van der Waals surface area contributed by atoms with Crippen LogP contribution in [0.2, 0.25) is 10.0 Å². The fourth-order valence-electron chi connectivity index (χ4n) is 2.01. The highest BCUT2D eigenvalue weighted by atomic mass is 35.5. The Labute approximate surface area is 167 Å². The van der Waals surface area contributed by atoms with Gasteiger partial charge in [0.2, 0.25) is 10.0 Å². The quantitative estimate of drug-likeness (QED) is 0.593. The van der Waals surface area contributed by atoms with Crippen molar-refractivity contribution >= 4 is 39.1 Å². The summed E-state index contributed by atoms with van der Waals surface area (Å²) in [5, 5.41) is 3.31. The molecule has 2 aromatic rings. The van der Waals surface area contributed by atoms with Crippen LogP contribution in [0.25, 0.3) is 0 Å². The van der Waals surface area contributed by atoms with Crippen LogP contribution in [-0.2, 0) is 14.8 Å². The third-order valence-corrected chi connectivity index (χ3v) is 5.39. The van der Waals surface area contributed by atoms with Gasteiger partial charge in [-0.05, 0) is 36.4 Å². The lowest BCUT2D eigenvalue weighted by Gasteiger charge is -2.10. The molecular weight excluding hydrogens is 415 g/mol. The van der Waals surface area contributed by atoms with Crippen molar-refractivity contribution < 1.29 is 22.7 Å². The van der Waals surface area contributed by atoms with Crippen molar-refractivity contribution in [2.75, 3.05) is 26.8 Å². The maximum Gasteiger partial charge on any atom is 0.257 e. The van der Waals surface area contributed by atoms with E-state index in [1.54, 1.807) is 24.3 Å². The molecule has 0 aliphatic carbocycles. The average Bonchev–Trinajstić information content (AvgIpc) is 2.66. The molecule has 2 N–H and O–H groups in total. The molecule has 0 aliphatic heterocycles. The van der Waals surface area contributed by atoms with E-state index < -0.39 is 15.9 Å². The number of carbonyl (C=O) groups excluding carboxylic acids is 1. The first-order valence-electron chi connectivity index (χ1n) is 7.80. The number of carbonyl (C=O) groups is 1. The molecule has 0 atom stereocenters. The molecule has 0 radical (unpaired) electrons. The summed E-state index contributed by atoms with van der Waals surface area (Å²) in [6.45, 7) is -0.149. The van der Waals surface area contributed by atoms with Gasteiger partial charge < -0.3 is 14.8 Å². The number of benzene rings is 2. The largest absolute Gasteiger partial charge is 0.497 e. The Morgan fingerprint density at radius 1 is 1.07 bits per heavy atom. The first-order valence-corrected chi connectivity index (χ1v) is 10.0. The molecule has 0 heterocycles. The van der Waals surface area contributed by atoms with Crippen LogP contribution in [0.3, 0.4) is 0 Å². The van der Waals surface area contributed by atoms with E-state index in [1.165, 1.54) is 25.3 Å². The molecule has 0 aromatic heterocycles. The van der Waals surface area contributed by atoms with Gasteiger partial charge in [0, 0.05) is 24.2 Å². The number of sulfonamides is 1. The van der Waals surface area contributed by atoms with E-state index in [0.717, 1.165) is 0 Å². The van der Waals surface area contributed by atoms with Crippen molar-refractivity contribution in [1.29, 1.82) is 0 Å². The monoisotopic (exact) mass is 432 g/mol. The Morgan fingerprint density at radius 3 is 2.44 bits per heavy atom. The van der Waals surface area contributed by atoms with Gasteiger partial charge in [0.15, 0.2) is 6.61 Å². The summed E-state index contributed by atoms with van der Waals surface area (Å²) in [5.41, 5.74) is 0. The molecule has 2 aromatic carbocycles. The summed E-state index contributed by atoms with van der Waals surface area (Å²) in [5.74, 6) is 0.426. The van der Waals surface area contributed by atoms with E-state index in [4.69, 9.17) is 32.7 Å². The molecule has 10 heteroatoms. The predicted octanol–water partition coefficient (Wildman–Crippen LogP) is 2.48. The second-order valence-electron chi connectivity index (χ2n) is 5.29. The smallest absolute Gasteiger partial charge is 0.257 e. The second kappa shape index (κ2) is 9.80. The summed E-state index contributed by atoms with van der Waals surface area (Å²) >= 11 is 11.8. The molecule has 0 fully saturated rings. The van der Waals surface area contributed by atoms with E-state index in [9.17, 15) is 13.2 Å². The normalized spacial score (nSPS) is 11.1. The van der Waals surface area contributed by atoms with Crippen molar-refractivity contribution in [3.63, 3.8) is 0 Å². The maximum absolute atomic E-state index is 12.1. The van der Waals surface area contributed by atoms with E-state index in [-0.39, 0.29) is 24.6 Å². The summed E-state index contributed by atoms with van der Waals surface area (Å²) in [6.07, 6.45) is 0. The molecule has 2 rings (SSSR count). The average molecular weight is 433 g/mol. The minimum atomic E-state index is -3.67. The Hall–Kier alpha value is -2.00. The Morgan fingerprint density at radius 2 is 1.78 bits per heavy atom. The van der Waals surface area contributed by atoms with Gasteiger partial charge in [-0.2, -0.15) is 0 Å². The Bertz CT molecular complexity index is 889. The van der Waals surface area contributed by atoms with Gasteiger partial charge in [-0.25, -0.2) is 13.1 Å². The molecule has 0 saturated heterocycles. The second-order valence-corrected chi connectivity index (χ2v) is 7.90. The number of halogens is 2. The van der Waals surface area contributed by atoms with E-state index >= 15 is 0 Å². The standard InChI is InChI=1S/C17H18Cl2N2O5S/c1-25-13-3-5-14(6-4-13)27(23,24)21-9-8-20-17(22)11-26-16-10-12(18)2-7-15(16)19/h2-7,10,21H,8-9,11H2,1H3,(H,20,22). The first-order chi connectivity index (χ1) is 12.8. The summed E-state index contributed by atoms with van der Waals surface area (Å²) in [6, 6.07) is 10.6. The SMILES string of the molecule is COc1ccc(S(=O)(=O)NCCNC(=O)COc2cc(Cl)ccc2Cl)cc1. The lowest BCUT2D eigenvalue weighted by molar-refractivity contribution is -0.123.